The number of amides is 1. The third-order valence-corrected chi connectivity index (χ3v) is 5.56. The van der Waals surface area contributed by atoms with Crippen molar-refractivity contribution in [1.82, 2.24) is 14.8 Å². The number of hydrogen-bond donors (Lipinski definition) is 0. The highest BCUT2D eigenvalue weighted by Gasteiger charge is 2.44. The Bertz CT molecular complexity index is 556. The highest BCUT2D eigenvalue weighted by Crippen LogP contribution is 2.44. The van der Waals surface area contributed by atoms with Crippen molar-refractivity contribution in [3.63, 3.8) is 0 Å². The molecule has 0 saturated carbocycles. The van der Waals surface area contributed by atoms with Gasteiger partial charge in [0.1, 0.15) is 0 Å². The number of aromatic nitrogens is 1. The average molecular weight is 347 g/mol. The first kappa shape index (κ1) is 18.1. The van der Waals surface area contributed by atoms with Gasteiger partial charge in [-0.25, -0.2) is 4.98 Å². The van der Waals surface area contributed by atoms with Crippen LogP contribution in [0.1, 0.15) is 19.3 Å². The van der Waals surface area contributed by atoms with Crippen LogP contribution in [0.25, 0.3) is 0 Å². The molecule has 0 aromatic carbocycles. The van der Waals surface area contributed by atoms with Crippen LogP contribution in [-0.2, 0) is 9.53 Å². The molecule has 6 heteroatoms. The Balaban J connectivity index is 1.58. The predicted molar refractivity (Wildman–Crippen MR) is 95.5 cm³/mol. The molecule has 3 heterocycles. The van der Waals surface area contributed by atoms with Crippen molar-refractivity contribution < 1.29 is 14.3 Å². The van der Waals surface area contributed by atoms with E-state index in [-0.39, 0.29) is 11.3 Å². The SMILES string of the molecule is CN(C)CC(=O)N1CCC2(CCOC[C@H]2COc2ccccn2)CC1. The van der Waals surface area contributed by atoms with Crippen LogP contribution in [0.5, 0.6) is 5.88 Å². The molecule has 25 heavy (non-hydrogen) atoms. The number of ether oxygens (including phenoxy) is 2. The second kappa shape index (κ2) is 8.15. The summed E-state index contributed by atoms with van der Waals surface area (Å²) in [6.07, 6.45) is 4.87. The van der Waals surface area contributed by atoms with Crippen molar-refractivity contribution in [3.05, 3.63) is 24.4 Å². The van der Waals surface area contributed by atoms with Crippen molar-refractivity contribution >= 4 is 5.91 Å². The molecule has 1 aromatic rings. The Morgan fingerprint density at radius 2 is 2.16 bits per heavy atom. The van der Waals surface area contributed by atoms with Gasteiger partial charge < -0.3 is 19.3 Å². The van der Waals surface area contributed by atoms with Gasteiger partial charge >= 0.3 is 0 Å². The van der Waals surface area contributed by atoms with E-state index in [2.05, 4.69) is 4.98 Å². The van der Waals surface area contributed by atoms with E-state index < -0.39 is 0 Å². The molecular weight excluding hydrogens is 318 g/mol. The Morgan fingerprint density at radius 1 is 1.36 bits per heavy atom. The summed E-state index contributed by atoms with van der Waals surface area (Å²) in [7, 11) is 3.87. The fourth-order valence-electron chi connectivity index (χ4n) is 3.96. The zero-order valence-electron chi connectivity index (χ0n) is 15.3. The van der Waals surface area contributed by atoms with Gasteiger partial charge in [-0.2, -0.15) is 0 Å². The number of nitrogens with zero attached hydrogens (tertiary/aromatic N) is 3. The van der Waals surface area contributed by atoms with Gasteiger partial charge in [0, 0.05) is 37.9 Å². The molecule has 0 radical (unpaired) electrons. The van der Waals surface area contributed by atoms with Crippen molar-refractivity contribution in [2.45, 2.75) is 19.3 Å². The number of rotatable bonds is 5. The standard InChI is InChI=1S/C19H29N3O3/c1-21(2)13-18(23)22-10-6-19(7-11-22)8-12-24-14-16(19)15-25-17-5-3-4-9-20-17/h3-5,9,16H,6-8,10-15H2,1-2H3/t16-/m0/s1. The van der Waals surface area contributed by atoms with Crippen LogP contribution < -0.4 is 4.74 Å². The Morgan fingerprint density at radius 3 is 2.84 bits per heavy atom. The van der Waals surface area contributed by atoms with Gasteiger partial charge in [0.15, 0.2) is 0 Å². The van der Waals surface area contributed by atoms with Gasteiger partial charge in [-0.1, -0.05) is 6.07 Å². The van der Waals surface area contributed by atoms with E-state index in [4.69, 9.17) is 9.47 Å². The maximum Gasteiger partial charge on any atom is 0.236 e. The summed E-state index contributed by atoms with van der Waals surface area (Å²) in [6, 6.07) is 5.71. The molecule has 0 N–H and O–H groups in total. The highest BCUT2D eigenvalue weighted by atomic mass is 16.5. The van der Waals surface area contributed by atoms with Gasteiger partial charge in [-0.05, 0) is 44.8 Å². The van der Waals surface area contributed by atoms with Crippen LogP contribution in [0, 0.1) is 11.3 Å². The summed E-state index contributed by atoms with van der Waals surface area (Å²) in [5.41, 5.74) is 0.224. The number of pyridine rings is 1. The molecule has 0 bridgehead atoms. The van der Waals surface area contributed by atoms with Crippen LogP contribution in [0.15, 0.2) is 24.4 Å². The number of likely N-dealkylation sites (tertiary alicyclic amines) is 1. The molecule has 138 valence electrons. The highest BCUT2D eigenvalue weighted by molar-refractivity contribution is 5.78. The third kappa shape index (κ3) is 4.50. The van der Waals surface area contributed by atoms with Crippen LogP contribution in [0.4, 0.5) is 0 Å². The molecule has 6 nitrogen and oxygen atoms in total. The van der Waals surface area contributed by atoms with Gasteiger partial charge in [-0.15, -0.1) is 0 Å². The van der Waals surface area contributed by atoms with E-state index in [0.29, 0.717) is 24.9 Å². The van der Waals surface area contributed by atoms with Crippen molar-refractivity contribution in [2.75, 3.05) is 53.6 Å². The normalized spacial score (nSPS) is 23.0. The van der Waals surface area contributed by atoms with Crippen molar-refractivity contribution in [2.24, 2.45) is 11.3 Å². The molecule has 1 amide bonds. The quantitative estimate of drug-likeness (QED) is 0.811. The Hall–Kier alpha value is -1.66. The lowest BCUT2D eigenvalue weighted by Gasteiger charge is -2.48. The average Bonchev–Trinajstić information content (AvgIpc) is 2.62. The molecule has 2 aliphatic heterocycles. The topological polar surface area (TPSA) is 54.9 Å². The molecule has 0 unspecified atom stereocenters. The second-order valence-electron chi connectivity index (χ2n) is 7.48. The van der Waals surface area contributed by atoms with E-state index in [9.17, 15) is 4.79 Å². The lowest BCUT2D eigenvalue weighted by Crippen LogP contribution is -2.52. The molecule has 2 saturated heterocycles. The summed E-state index contributed by atoms with van der Waals surface area (Å²) in [5.74, 6) is 1.25. The first-order chi connectivity index (χ1) is 12.1. The van der Waals surface area contributed by atoms with E-state index in [1.165, 1.54) is 0 Å². The summed E-state index contributed by atoms with van der Waals surface area (Å²) in [4.78, 5) is 20.5. The fourth-order valence-corrected chi connectivity index (χ4v) is 3.96. The number of likely N-dealkylation sites (N-methyl/N-ethyl adjacent to an activating group) is 1. The largest absolute Gasteiger partial charge is 0.477 e. The number of carbonyl (C=O) groups excluding carboxylic acids is 1. The van der Waals surface area contributed by atoms with Crippen molar-refractivity contribution in [3.8, 4) is 5.88 Å². The lowest BCUT2D eigenvalue weighted by atomic mass is 9.66. The first-order valence-electron chi connectivity index (χ1n) is 9.13. The third-order valence-electron chi connectivity index (χ3n) is 5.56. The minimum absolute atomic E-state index is 0.224. The van der Waals surface area contributed by atoms with Crippen LogP contribution >= 0.6 is 0 Å². The minimum Gasteiger partial charge on any atom is -0.477 e. The van der Waals surface area contributed by atoms with E-state index in [1.807, 2.05) is 42.1 Å². The van der Waals surface area contributed by atoms with Gasteiger partial charge in [0.05, 0.1) is 19.8 Å². The molecule has 2 aliphatic rings. The Kier molecular flexibility index (Phi) is 5.91. The minimum atomic E-state index is 0.224. The predicted octanol–water partition coefficient (Wildman–Crippen LogP) is 1.67. The fraction of sp³-hybridized carbons (Fsp3) is 0.684. The molecule has 1 spiro atoms. The summed E-state index contributed by atoms with van der Waals surface area (Å²) >= 11 is 0. The van der Waals surface area contributed by atoms with E-state index in [0.717, 1.165) is 45.6 Å². The molecular formula is C19H29N3O3. The smallest absolute Gasteiger partial charge is 0.236 e. The molecule has 1 aromatic heterocycles. The number of hydrogen-bond acceptors (Lipinski definition) is 5. The van der Waals surface area contributed by atoms with Crippen LogP contribution in [0.3, 0.4) is 0 Å². The maximum absolute atomic E-state index is 12.3. The van der Waals surface area contributed by atoms with E-state index in [1.54, 1.807) is 6.20 Å². The molecule has 3 rings (SSSR count). The van der Waals surface area contributed by atoms with Crippen LogP contribution in [0.2, 0.25) is 0 Å². The maximum atomic E-state index is 12.3. The monoisotopic (exact) mass is 347 g/mol. The first-order valence-corrected chi connectivity index (χ1v) is 9.13. The molecule has 1 atom stereocenters. The number of piperidine rings is 1. The summed E-state index contributed by atoms with van der Waals surface area (Å²) < 4.78 is 11.7. The lowest BCUT2D eigenvalue weighted by molar-refractivity contribution is -0.138. The number of carbonyl (C=O) groups is 1. The molecule has 0 aliphatic carbocycles. The van der Waals surface area contributed by atoms with E-state index >= 15 is 0 Å². The Labute approximate surface area is 150 Å². The van der Waals surface area contributed by atoms with Crippen LogP contribution in [-0.4, -0.2) is 74.2 Å². The molecule has 2 fully saturated rings. The zero-order chi connectivity index (χ0) is 17.7. The van der Waals surface area contributed by atoms with Crippen molar-refractivity contribution in [1.29, 1.82) is 0 Å². The second-order valence-corrected chi connectivity index (χ2v) is 7.48. The summed E-state index contributed by atoms with van der Waals surface area (Å²) in [5, 5.41) is 0. The van der Waals surface area contributed by atoms with Gasteiger partial charge in [0.2, 0.25) is 11.8 Å². The summed E-state index contributed by atoms with van der Waals surface area (Å²) in [6.45, 7) is 4.34. The van der Waals surface area contributed by atoms with Gasteiger partial charge in [0.25, 0.3) is 0 Å². The van der Waals surface area contributed by atoms with Gasteiger partial charge in [-0.3, -0.25) is 4.79 Å². The zero-order valence-corrected chi connectivity index (χ0v) is 15.3.